The highest BCUT2D eigenvalue weighted by Gasteiger charge is 2.26. The molecule has 7 nitrogen and oxygen atoms in total. The number of nitrogens with one attached hydrogen (secondary N) is 1. The van der Waals surface area contributed by atoms with Crippen molar-refractivity contribution in [3.63, 3.8) is 0 Å². The molecule has 0 unspecified atom stereocenters. The number of rotatable bonds is 5. The lowest BCUT2D eigenvalue weighted by Crippen LogP contribution is -2.51. The van der Waals surface area contributed by atoms with Crippen molar-refractivity contribution < 1.29 is 19.9 Å². The zero-order valence-electron chi connectivity index (χ0n) is 10.1. The average molecular weight is 289 g/mol. The molecule has 0 heterocycles. The zero-order valence-corrected chi connectivity index (χ0v) is 10.8. The highest BCUT2D eigenvalue weighted by molar-refractivity contribution is 6.32. The molecule has 1 aromatic rings. The van der Waals surface area contributed by atoms with Crippen molar-refractivity contribution in [3.8, 4) is 0 Å². The first kappa shape index (κ1) is 15.4. The Balaban J connectivity index is 3.01. The van der Waals surface area contributed by atoms with Crippen molar-refractivity contribution in [1.82, 2.24) is 5.32 Å². The molecular weight excluding hydrogens is 276 g/mol. The summed E-state index contributed by atoms with van der Waals surface area (Å²) in [6, 6.07) is 3.59. The van der Waals surface area contributed by atoms with Crippen molar-refractivity contribution in [2.45, 2.75) is 12.5 Å². The van der Waals surface area contributed by atoms with E-state index in [1.807, 2.05) is 0 Å². The lowest BCUT2D eigenvalue weighted by atomic mass is 10.0. The normalized spacial score (nSPS) is 11.2. The van der Waals surface area contributed by atoms with Gasteiger partial charge in [0.15, 0.2) is 0 Å². The molecule has 1 amide bonds. The number of hydrogen-bond donors (Lipinski definition) is 3. The van der Waals surface area contributed by atoms with Crippen LogP contribution in [0.4, 0.5) is 5.69 Å². The van der Waals surface area contributed by atoms with Crippen molar-refractivity contribution >= 4 is 23.2 Å². The quantitative estimate of drug-likeness (QED) is 0.546. The van der Waals surface area contributed by atoms with Crippen LogP contribution in [0.1, 0.15) is 17.3 Å². The molecule has 19 heavy (non-hydrogen) atoms. The van der Waals surface area contributed by atoms with Crippen LogP contribution in [0.15, 0.2) is 18.2 Å². The smallest absolute Gasteiger partial charge is 0.288 e. The number of nitro benzene ring substituents is 1. The maximum Gasteiger partial charge on any atom is 0.288 e. The predicted octanol–water partition coefficient (Wildman–Crippen LogP) is 0.721. The summed E-state index contributed by atoms with van der Waals surface area (Å²) in [7, 11) is 0. The summed E-state index contributed by atoms with van der Waals surface area (Å²) in [5, 5.41) is 31.1. The van der Waals surface area contributed by atoms with Crippen LogP contribution in [-0.4, -0.2) is 39.8 Å². The number of amides is 1. The molecule has 1 aromatic carbocycles. The van der Waals surface area contributed by atoms with Crippen molar-refractivity contribution in [2.75, 3.05) is 13.2 Å². The number of aliphatic hydroxyl groups is 2. The first-order chi connectivity index (χ1) is 8.83. The fraction of sp³-hybridized carbons (Fsp3) is 0.364. The Morgan fingerprint density at radius 2 is 2.05 bits per heavy atom. The standard InChI is InChI=1S/C11H13ClN2O5/c1-11(5-15,6-16)13-10(17)7-2-3-8(12)9(4-7)14(18)19/h2-4,15-16H,5-6H2,1H3,(H,13,17). The van der Waals surface area contributed by atoms with Gasteiger partial charge < -0.3 is 15.5 Å². The molecule has 8 heteroatoms. The third-order valence-electron chi connectivity index (χ3n) is 2.52. The average Bonchev–Trinajstić information content (AvgIpc) is 2.38. The lowest BCUT2D eigenvalue weighted by molar-refractivity contribution is -0.384. The summed E-state index contributed by atoms with van der Waals surface area (Å²) in [6.07, 6.45) is 0. The minimum absolute atomic E-state index is 0.0178. The first-order valence-electron chi connectivity index (χ1n) is 5.31. The van der Waals surface area contributed by atoms with Gasteiger partial charge >= 0.3 is 0 Å². The van der Waals surface area contributed by atoms with Gasteiger partial charge in [-0.25, -0.2) is 0 Å². The molecule has 0 fully saturated rings. The van der Waals surface area contributed by atoms with E-state index in [1.54, 1.807) is 0 Å². The van der Waals surface area contributed by atoms with Crippen LogP contribution in [0.25, 0.3) is 0 Å². The van der Waals surface area contributed by atoms with Gasteiger partial charge in [0.25, 0.3) is 11.6 Å². The summed E-state index contributed by atoms with van der Waals surface area (Å²) < 4.78 is 0. The Labute approximate surface area is 114 Å². The zero-order chi connectivity index (χ0) is 14.6. The molecule has 0 radical (unpaired) electrons. The highest BCUT2D eigenvalue weighted by Crippen LogP contribution is 2.25. The van der Waals surface area contributed by atoms with Gasteiger partial charge in [0, 0.05) is 11.6 Å². The van der Waals surface area contributed by atoms with E-state index in [0.29, 0.717) is 0 Å². The number of nitrogens with zero attached hydrogens (tertiary/aromatic N) is 1. The van der Waals surface area contributed by atoms with Gasteiger partial charge in [-0.1, -0.05) is 11.6 Å². The number of halogens is 1. The van der Waals surface area contributed by atoms with Crippen LogP contribution >= 0.6 is 11.6 Å². The van der Waals surface area contributed by atoms with Crippen LogP contribution < -0.4 is 5.32 Å². The lowest BCUT2D eigenvalue weighted by Gasteiger charge is -2.26. The molecule has 0 atom stereocenters. The maximum atomic E-state index is 11.9. The fourth-order valence-corrected chi connectivity index (χ4v) is 1.46. The molecule has 1 rings (SSSR count). The number of carbonyl (C=O) groups excluding carboxylic acids is 1. The topological polar surface area (TPSA) is 113 Å². The molecule has 0 bridgehead atoms. The Morgan fingerprint density at radius 1 is 1.47 bits per heavy atom. The van der Waals surface area contributed by atoms with Crippen LogP contribution in [0.3, 0.4) is 0 Å². The molecule has 0 saturated carbocycles. The largest absolute Gasteiger partial charge is 0.394 e. The summed E-state index contributed by atoms with van der Waals surface area (Å²) in [5.74, 6) is -0.648. The number of benzene rings is 1. The molecule has 0 aliphatic heterocycles. The molecule has 3 N–H and O–H groups in total. The number of carbonyl (C=O) groups is 1. The van der Waals surface area contributed by atoms with Crippen LogP contribution in [0.5, 0.6) is 0 Å². The van der Waals surface area contributed by atoms with Crippen LogP contribution in [0, 0.1) is 10.1 Å². The van der Waals surface area contributed by atoms with Crippen LogP contribution in [-0.2, 0) is 0 Å². The molecule has 0 aliphatic rings. The minimum atomic E-state index is -1.20. The third-order valence-corrected chi connectivity index (χ3v) is 2.84. The second-order valence-electron chi connectivity index (χ2n) is 4.25. The van der Waals surface area contributed by atoms with E-state index in [9.17, 15) is 14.9 Å². The van der Waals surface area contributed by atoms with Gasteiger partial charge in [-0.3, -0.25) is 14.9 Å². The number of aliphatic hydroxyl groups excluding tert-OH is 2. The van der Waals surface area contributed by atoms with E-state index < -0.39 is 29.6 Å². The van der Waals surface area contributed by atoms with Crippen molar-refractivity contribution in [3.05, 3.63) is 38.9 Å². The third kappa shape index (κ3) is 3.63. The second-order valence-corrected chi connectivity index (χ2v) is 4.66. The van der Waals surface area contributed by atoms with Gasteiger partial charge in [0.2, 0.25) is 0 Å². The molecular formula is C11H13ClN2O5. The Hall–Kier alpha value is -1.70. The van der Waals surface area contributed by atoms with E-state index >= 15 is 0 Å². The van der Waals surface area contributed by atoms with E-state index in [4.69, 9.17) is 21.8 Å². The van der Waals surface area contributed by atoms with Gasteiger partial charge in [0.1, 0.15) is 5.02 Å². The molecule has 0 aliphatic carbocycles. The van der Waals surface area contributed by atoms with E-state index in [1.165, 1.54) is 19.1 Å². The SMILES string of the molecule is CC(CO)(CO)NC(=O)c1ccc(Cl)c([N+](=O)[O-])c1. The number of nitro groups is 1. The summed E-state index contributed by atoms with van der Waals surface area (Å²) >= 11 is 5.63. The first-order valence-corrected chi connectivity index (χ1v) is 5.69. The summed E-state index contributed by atoms with van der Waals surface area (Å²) in [5.41, 5.74) is -1.57. The fourth-order valence-electron chi connectivity index (χ4n) is 1.27. The molecule has 0 saturated heterocycles. The molecule has 0 spiro atoms. The van der Waals surface area contributed by atoms with Crippen LogP contribution in [0.2, 0.25) is 5.02 Å². The predicted molar refractivity (Wildman–Crippen MR) is 68.1 cm³/mol. The Bertz CT molecular complexity index is 502. The molecule has 104 valence electrons. The van der Waals surface area contributed by atoms with E-state index in [-0.39, 0.29) is 16.3 Å². The summed E-state index contributed by atoms with van der Waals surface area (Å²) in [6.45, 7) is 0.505. The monoisotopic (exact) mass is 288 g/mol. The van der Waals surface area contributed by atoms with Gasteiger partial charge in [-0.05, 0) is 19.1 Å². The number of hydrogen-bond acceptors (Lipinski definition) is 5. The van der Waals surface area contributed by atoms with Crippen molar-refractivity contribution in [1.29, 1.82) is 0 Å². The highest BCUT2D eigenvalue weighted by atomic mass is 35.5. The summed E-state index contributed by atoms with van der Waals surface area (Å²) in [4.78, 5) is 21.9. The van der Waals surface area contributed by atoms with E-state index in [2.05, 4.69) is 5.32 Å². The maximum absolute atomic E-state index is 11.9. The van der Waals surface area contributed by atoms with Crippen molar-refractivity contribution in [2.24, 2.45) is 0 Å². The van der Waals surface area contributed by atoms with Gasteiger partial charge in [-0.2, -0.15) is 0 Å². The Morgan fingerprint density at radius 3 is 2.53 bits per heavy atom. The Kier molecular flexibility index (Phi) is 4.82. The molecule has 0 aromatic heterocycles. The van der Waals surface area contributed by atoms with Gasteiger partial charge in [0.05, 0.1) is 23.7 Å². The minimum Gasteiger partial charge on any atom is -0.394 e. The second kappa shape index (κ2) is 5.96. The van der Waals surface area contributed by atoms with Gasteiger partial charge in [-0.15, -0.1) is 0 Å². The van der Waals surface area contributed by atoms with E-state index in [0.717, 1.165) is 6.07 Å².